The second-order valence-corrected chi connectivity index (χ2v) is 5.83. The number of nitrogens with one attached hydrogen (secondary N) is 2. The summed E-state index contributed by atoms with van der Waals surface area (Å²) in [7, 11) is 2.03. The van der Waals surface area contributed by atoms with Crippen molar-refractivity contribution in [2.75, 3.05) is 33.2 Å². The third kappa shape index (κ3) is 3.96. The molecule has 0 aromatic heterocycles. The molecule has 0 unspecified atom stereocenters. The number of nitrogens with zero attached hydrogens (tertiary/aromatic N) is 1. The summed E-state index contributed by atoms with van der Waals surface area (Å²) in [6, 6.07) is 0. The van der Waals surface area contributed by atoms with Crippen LogP contribution in [0.3, 0.4) is 0 Å². The quantitative estimate of drug-likeness (QED) is 0.738. The van der Waals surface area contributed by atoms with Gasteiger partial charge in [0.15, 0.2) is 0 Å². The summed E-state index contributed by atoms with van der Waals surface area (Å²) in [6.07, 6.45) is 4.84. The van der Waals surface area contributed by atoms with Crippen molar-refractivity contribution in [3.63, 3.8) is 0 Å². The third-order valence-electron chi connectivity index (χ3n) is 4.22. The van der Waals surface area contributed by atoms with Crippen LogP contribution < -0.4 is 10.6 Å². The Balaban J connectivity index is 1.64. The highest BCUT2D eigenvalue weighted by molar-refractivity contribution is 5.78. The van der Waals surface area contributed by atoms with Gasteiger partial charge in [0.25, 0.3) is 0 Å². The molecule has 0 radical (unpaired) electrons. The molecule has 0 bridgehead atoms. The summed E-state index contributed by atoms with van der Waals surface area (Å²) in [5.74, 6) is 0.970. The van der Waals surface area contributed by atoms with Crippen molar-refractivity contribution in [3.8, 4) is 0 Å². The van der Waals surface area contributed by atoms with E-state index in [4.69, 9.17) is 0 Å². The Morgan fingerprint density at radius 1 is 1.35 bits per heavy atom. The van der Waals surface area contributed by atoms with Crippen molar-refractivity contribution in [2.45, 2.75) is 38.1 Å². The monoisotopic (exact) mass is 239 g/mol. The average molecular weight is 239 g/mol. The summed E-state index contributed by atoms with van der Waals surface area (Å²) in [5.41, 5.74) is 0.265. The minimum absolute atomic E-state index is 0.199. The number of likely N-dealkylation sites (tertiary alicyclic amines) is 1. The van der Waals surface area contributed by atoms with Crippen molar-refractivity contribution in [2.24, 2.45) is 5.92 Å². The topological polar surface area (TPSA) is 44.4 Å². The number of amides is 1. The molecule has 4 heteroatoms. The molecule has 1 heterocycles. The van der Waals surface area contributed by atoms with Crippen molar-refractivity contribution >= 4 is 5.91 Å². The smallest absolute Gasteiger partial charge is 0.234 e. The first-order valence-electron chi connectivity index (χ1n) is 6.79. The second kappa shape index (κ2) is 5.36. The van der Waals surface area contributed by atoms with Gasteiger partial charge >= 0.3 is 0 Å². The van der Waals surface area contributed by atoms with Gasteiger partial charge in [-0.2, -0.15) is 0 Å². The largest absolute Gasteiger partial charge is 0.355 e. The minimum atomic E-state index is 0.199. The van der Waals surface area contributed by atoms with E-state index >= 15 is 0 Å². The standard InChI is InChI=1S/C13H25N3O/c1-13(14-2)5-7-16(8-6-13)10-12(17)15-9-11-3-4-11/h11,14H,3-10H2,1-2H3,(H,15,17). The second-order valence-electron chi connectivity index (χ2n) is 5.83. The lowest BCUT2D eigenvalue weighted by Gasteiger charge is -2.39. The molecule has 0 atom stereocenters. The first kappa shape index (κ1) is 12.8. The first-order chi connectivity index (χ1) is 8.11. The molecule has 98 valence electrons. The van der Waals surface area contributed by atoms with Crippen molar-refractivity contribution in [1.29, 1.82) is 0 Å². The summed E-state index contributed by atoms with van der Waals surface area (Å²) in [6.45, 7) is 5.77. The van der Waals surface area contributed by atoms with Crippen LogP contribution in [0.15, 0.2) is 0 Å². The predicted octanol–water partition coefficient (Wildman–Crippen LogP) is 0.587. The van der Waals surface area contributed by atoms with Crippen LogP contribution in [0.1, 0.15) is 32.6 Å². The van der Waals surface area contributed by atoms with Crippen LogP contribution in [-0.4, -0.2) is 49.6 Å². The van der Waals surface area contributed by atoms with Crippen LogP contribution in [0.4, 0.5) is 0 Å². The number of hydrogen-bond donors (Lipinski definition) is 2. The van der Waals surface area contributed by atoms with Crippen LogP contribution in [0.25, 0.3) is 0 Å². The Labute approximate surface area is 104 Å². The zero-order valence-corrected chi connectivity index (χ0v) is 11.1. The zero-order chi connectivity index (χ0) is 12.3. The molecule has 2 rings (SSSR count). The van der Waals surface area contributed by atoms with Gasteiger partial charge in [-0.3, -0.25) is 9.69 Å². The maximum Gasteiger partial charge on any atom is 0.234 e. The van der Waals surface area contributed by atoms with Gasteiger partial charge in [-0.05, 0) is 45.6 Å². The molecule has 1 saturated heterocycles. The Hall–Kier alpha value is -0.610. The number of hydrogen-bond acceptors (Lipinski definition) is 3. The third-order valence-corrected chi connectivity index (χ3v) is 4.22. The lowest BCUT2D eigenvalue weighted by Crippen LogP contribution is -2.51. The molecule has 4 nitrogen and oxygen atoms in total. The van der Waals surface area contributed by atoms with Gasteiger partial charge in [0, 0.05) is 25.2 Å². The molecule has 0 aromatic carbocycles. The molecule has 2 fully saturated rings. The van der Waals surface area contributed by atoms with E-state index in [0.29, 0.717) is 6.54 Å². The van der Waals surface area contributed by atoms with E-state index in [1.807, 2.05) is 7.05 Å². The van der Waals surface area contributed by atoms with E-state index in [2.05, 4.69) is 22.5 Å². The van der Waals surface area contributed by atoms with Crippen LogP contribution in [-0.2, 0) is 4.79 Å². The predicted molar refractivity (Wildman–Crippen MR) is 68.9 cm³/mol. The van der Waals surface area contributed by atoms with E-state index in [1.165, 1.54) is 12.8 Å². The van der Waals surface area contributed by atoms with Gasteiger partial charge in [0.2, 0.25) is 5.91 Å². The van der Waals surface area contributed by atoms with E-state index in [-0.39, 0.29) is 11.4 Å². The summed E-state index contributed by atoms with van der Waals surface area (Å²) < 4.78 is 0. The molecule has 2 N–H and O–H groups in total. The molecule has 0 spiro atoms. The SMILES string of the molecule is CNC1(C)CCN(CC(=O)NCC2CC2)CC1. The van der Waals surface area contributed by atoms with E-state index in [0.717, 1.165) is 38.4 Å². The highest BCUT2D eigenvalue weighted by Crippen LogP contribution is 2.27. The maximum absolute atomic E-state index is 11.7. The van der Waals surface area contributed by atoms with E-state index in [9.17, 15) is 4.79 Å². The van der Waals surface area contributed by atoms with Crippen molar-refractivity contribution in [3.05, 3.63) is 0 Å². The minimum Gasteiger partial charge on any atom is -0.355 e. The van der Waals surface area contributed by atoms with Gasteiger partial charge in [-0.25, -0.2) is 0 Å². The molecule has 0 aromatic rings. The van der Waals surface area contributed by atoms with Gasteiger partial charge in [0.1, 0.15) is 0 Å². The van der Waals surface area contributed by atoms with Crippen LogP contribution in [0.5, 0.6) is 0 Å². The summed E-state index contributed by atoms with van der Waals surface area (Å²) in [4.78, 5) is 14.0. The lowest BCUT2D eigenvalue weighted by molar-refractivity contribution is -0.122. The fourth-order valence-corrected chi connectivity index (χ4v) is 2.29. The van der Waals surface area contributed by atoms with E-state index < -0.39 is 0 Å². The van der Waals surface area contributed by atoms with Gasteiger partial charge in [0.05, 0.1) is 6.54 Å². The number of carbonyl (C=O) groups excluding carboxylic acids is 1. The Bertz CT molecular complexity index is 268. The van der Waals surface area contributed by atoms with E-state index in [1.54, 1.807) is 0 Å². The highest BCUT2D eigenvalue weighted by Gasteiger charge is 2.29. The van der Waals surface area contributed by atoms with Gasteiger partial charge in [-0.1, -0.05) is 0 Å². The molecule has 1 saturated carbocycles. The van der Waals surface area contributed by atoms with Crippen LogP contribution in [0, 0.1) is 5.92 Å². The highest BCUT2D eigenvalue weighted by atomic mass is 16.2. The van der Waals surface area contributed by atoms with Crippen LogP contribution in [0.2, 0.25) is 0 Å². The van der Waals surface area contributed by atoms with Crippen LogP contribution >= 0.6 is 0 Å². The number of piperidine rings is 1. The zero-order valence-electron chi connectivity index (χ0n) is 11.1. The normalized spacial score (nSPS) is 24.6. The molecular weight excluding hydrogens is 214 g/mol. The first-order valence-corrected chi connectivity index (χ1v) is 6.79. The molecule has 17 heavy (non-hydrogen) atoms. The summed E-state index contributed by atoms with van der Waals surface area (Å²) in [5, 5.41) is 6.41. The Morgan fingerprint density at radius 2 is 2.00 bits per heavy atom. The fraction of sp³-hybridized carbons (Fsp3) is 0.923. The molecular formula is C13H25N3O. The molecule has 1 aliphatic heterocycles. The average Bonchev–Trinajstić information content (AvgIpc) is 3.14. The molecule has 1 amide bonds. The van der Waals surface area contributed by atoms with Gasteiger partial charge in [-0.15, -0.1) is 0 Å². The number of rotatable bonds is 5. The Kier molecular flexibility index (Phi) is 4.05. The fourth-order valence-electron chi connectivity index (χ4n) is 2.29. The van der Waals surface area contributed by atoms with Gasteiger partial charge < -0.3 is 10.6 Å². The number of carbonyl (C=O) groups is 1. The Morgan fingerprint density at radius 3 is 2.53 bits per heavy atom. The van der Waals surface area contributed by atoms with Crippen molar-refractivity contribution < 1.29 is 4.79 Å². The summed E-state index contributed by atoms with van der Waals surface area (Å²) >= 11 is 0. The molecule has 2 aliphatic rings. The van der Waals surface area contributed by atoms with Crippen molar-refractivity contribution in [1.82, 2.24) is 15.5 Å². The lowest BCUT2D eigenvalue weighted by atomic mass is 9.90. The maximum atomic E-state index is 11.7. The molecule has 1 aliphatic carbocycles.